The highest BCUT2D eigenvalue weighted by Crippen LogP contribution is 2.15. The van der Waals surface area contributed by atoms with Crippen LogP contribution in [0.5, 0.6) is 0 Å². The van der Waals surface area contributed by atoms with Gasteiger partial charge in [-0.05, 0) is 74.6 Å². The highest BCUT2D eigenvalue weighted by Gasteiger charge is 1.97. The number of hydrogen-bond donors (Lipinski definition) is 0. The van der Waals surface area contributed by atoms with Gasteiger partial charge in [-0.2, -0.15) is 0 Å². The summed E-state index contributed by atoms with van der Waals surface area (Å²) < 4.78 is 0. The largest absolute Gasteiger partial charge is 0.0617 e. The first-order valence-corrected chi connectivity index (χ1v) is 14.3. The Kier molecular flexibility index (Phi) is 15.7. The van der Waals surface area contributed by atoms with Gasteiger partial charge in [-0.1, -0.05) is 161 Å². The summed E-state index contributed by atoms with van der Waals surface area (Å²) in [5, 5.41) is 0. The molecule has 0 fully saturated rings. The van der Waals surface area contributed by atoms with Crippen molar-refractivity contribution in [2.75, 3.05) is 0 Å². The number of hydrogen-bond acceptors (Lipinski definition) is 0. The second-order valence-electron chi connectivity index (χ2n) is 10.8. The molecule has 204 valence electrons. The molecule has 0 N–H and O–H groups in total. The molecule has 0 saturated carbocycles. The lowest BCUT2D eigenvalue weighted by Crippen LogP contribution is -1.87. The van der Waals surface area contributed by atoms with Crippen LogP contribution in [0.4, 0.5) is 0 Å². The fourth-order valence-electron chi connectivity index (χ4n) is 3.83. The van der Waals surface area contributed by atoms with Crippen molar-refractivity contribution in [3.63, 3.8) is 0 Å². The number of benzene rings is 4. The van der Waals surface area contributed by atoms with Gasteiger partial charge in [-0.15, -0.1) is 0 Å². The van der Waals surface area contributed by atoms with Gasteiger partial charge in [0.25, 0.3) is 0 Å². The zero-order valence-electron chi connectivity index (χ0n) is 25.8. The van der Waals surface area contributed by atoms with E-state index >= 15 is 0 Å². The van der Waals surface area contributed by atoms with E-state index in [1.165, 1.54) is 44.5 Å². The Hall–Kier alpha value is -3.12. The van der Waals surface area contributed by atoms with E-state index in [1.54, 1.807) is 0 Å². The van der Waals surface area contributed by atoms with Crippen LogP contribution in [0.3, 0.4) is 0 Å². The Morgan fingerprint density at radius 1 is 0.421 bits per heavy atom. The van der Waals surface area contributed by atoms with E-state index in [-0.39, 0.29) is 0 Å². The van der Waals surface area contributed by atoms with Gasteiger partial charge in [0.15, 0.2) is 0 Å². The maximum atomic E-state index is 2.23. The highest BCUT2D eigenvalue weighted by molar-refractivity contribution is 5.25. The molecule has 0 amide bonds. The summed E-state index contributed by atoms with van der Waals surface area (Å²) >= 11 is 0. The molecule has 38 heavy (non-hydrogen) atoms. The summed E-state index contributed by atoms with van der Waals surface area (Å²) in [5.41, 5.74) is 11.1. The molecule has 4 aromatic rings. The van der Waals surface area contributed by atoms with Crippen molar-refractivity contribution in [1.29, 1.82) is 0 Å². The molecular weight excluding hydrogens is 456 g/mol. The van der Waals surface area contributed by atoms with E-state index in [0.29, 0.717) is 11.8 Å². The van der Waals surface area contributed by atoms with E-state index in [9.17, 15) is 0 Å². The Morgan fingerprint density at radius 2 is 0.816 bits per heavy atom. The van der Waals surface area contributed by atoms with Crippen molar-refractivity contribution in [3.05, 3.63) is 142 Å². The van der Waals surface area contributed by atoms with Crippen LogP contribution < -0.4 is 0 Å². The van der Waals surface area contributed by atoms with Crippen molar-refractivity contribution in [2.45, 2.75) is 93.9 Å². The van der Waals surface area contributed by atoms with Crippen LogP contribution in [0, 0.1) is 27.7 Å². The molecule has 0 unspecified atom stereocenters. The minimum absolute atomic E-state index is 0.653. The van der Waals surface area contributed by atoms with Crippen molar-refractivity contribution >= 4 is 0 Å². The standard InChI is InChI=1S/C11H16.C10H14.C9H12.C8H10/c1-4-10-5-7-11(8-6-10)9(2)3;1-8(2)10-6-4-9(3)5-7-10;1-3-9-6-4-5-8(2)7-9;1-7-4-3-5-8(2)6-7/h5-9H,4H2,1-3H3;4-8H,1-3H3;4-7H,3H2,1-2H3;3-6H,1-2H3. The summed E-state index contributed by atoms with van der Waals surface area (Å²) in [7, 11) is 0. The molecule has 0 saturated heterocycles. The Balaban J connectivity index is 0.000000255. The second-order valence-corrected chi connectivity index (χ2v) is 10.8. The molecule has 0 atom stereocenters. The molecule has 0 radical (unpaired) electrons. The summed E-state index contributed by atoms with van der Waals surface area (Å²) in [6.07, 6.45) is 2.28. The summed E-state index contributed by atoms with van der Waals surface area (Å²) in [6, 6.07) is 34.7. The molecule has 0 heteroatoms. The lowest BCUT2D eigenvalue weighted by molar-refractivity contribution is 0.865. The lowest BCUT2D eigenvalue weighted by Gasteiger charge is -2.04. The third kappa shape index (κ3) is 14.0. The predicted molar refractivity (Wildman–Crippen MR) is 172 cm³/mol. The Morgan fingerprint density at radius 3 is 1.13 bits per heavy atom. The first-order chi connectivity index (χ1) is 18.0. The third-order valence-electron chi connectivity index (χ3n) is 6.46. The number of rotatable bonds is 4. The fourth-order valence-corrected chi connectivity index (χ4v) is 3.83. The predicted octanol–water partition coefficient (Wildman–Crippen LogP) is 11.4. The molecule has 0 aliphatic carbocycles. The molecule has 0 nitrogen and oxygen atoms in total. The molecule has 0 aromatic heterocycles. The summed E-state index contributed by atoms with van der Waals surface area (Å²) in [5.74, 6) is 1.31. The average Bonchev–Trinajstić information content (AvgIpc) is 2.90. The Labute approximate surface area is 235 Å². The maximum Gasteiger partial charge on any atom is -0.0219 e. The maximum absolute atomic E-state index is 2.23. The van der Waals surface area contributed by atoms with E-state index in [0.717, 1.165) is 12.8 Å². The average molecular weight is 509 g/mol. The monoisotopic (exact) mass is 508 g/mol. The number of aryl methyl sites for hydroxylation is 6. The van der Waals surface area contributed by atoms with Crippen LogP contribution in [-0.4, -0.2) is 0 Å². The smallest absolute Gasteiger partial charge is 0.0219 e. The van der Waals surface area contributed by atoms with Crippen LogP contribution in [0.15, 0.2) is 97.1 Å². The molecule has 0 bridgehead atoms. The van der Waals surface area contributed by atoms with Crippen LogP contribution in [-0.2, 0) is 12.8 Å². The van der Waals surface area contributed by atoms with Crippen LogP contribution in [0.25, 0.3) is 0 Å². The zero-order chi connectivity index (χ0) is 28.5. The lowest BCUT2D eigenvalue weighted by atomic mass is 10.0. The van der Waals surface area contributed by atoms with Gasteiger partial charge in [0, 0.05) is 0 Å². The fraction of sp³-hybridized carbons (Fsp3) is 0.368. The highest BCUT2D eigenvalue weighted by atomic mass is 14.0. The van der Waals surface area contributed by atoms with E-state index in [2.05, 4.69) is 166 Å². The first kappa shape index (κ1) is 32.9. The molecule has 0 spiro atoms. The minimum atomic E-state index is 0.653. The zero-order valence-corrected chi connectivity index (χ0v) is 25.8. The summed E-state index contributed by atoms with van der Waals surface area (Å²) in [4.78, 5) is 0. The molecule has 4 rings (SSSR count). The van der Waals surface area contributed by atoms with E-state index in [4.69, 9.17) is 0 Å². The van der Waals surface area contributed by atoms with Crippen molar-refractivity contribution in [1.82, 2.24) is 0 Å². The van der Waals surface area contributed by atoms with Gasteiger partial charge in [-0.25, -0.2) is 0 Å². The molecule has 4 aromatic carbocycles. The van der Waals surface area contributed by atoms with Gasteiger partial charge in [0.1, 0.15) is 0 Å². The van der Waals surface area contributed by atoms with E-state index in [1.807, 2.05) is 0 Å². The SMILES string of the molecule is CCc1ccc(C(C)C)cc1.CCc1cccc(C)c1.Cc1ccc(C(C)C)cc1.Cc1cccc(C)c1. The first-order valence-electron chi connectivity index (χ1n) is 14.3. The Bertz CT molecular complexity index is 1130. The molecule has 0 aliphatic heterocycles. The molecule has 0 heterocycles. The van der Waals surface area contributed by atoms with Crippen LogP contribution in [0.2, 0.25) is 0 Å². The van der Waals surface area contributed by atoms with Crippen molar-refractivity contribution < 1.29 is 0 Å². The molecular formula is C38H52. The topological polar surface area (TPSA) is 0 Å². The normalized spacial score (nSPS) is 10.0. The van der Waals surface area contributed by atoms with Gasteiger partial charge in [-0.3, -0.25) is 0 Å². The van der Waals surface area contributed by atoms with Crippen molar-refractivity contribution in [2.24, 2.45) is 0 Å². The van der Waals surface area contributed by atoms with Crippen LogP contribution >= 0.6 is 0 Å². The minimum Gasteiger partial charge on any atom is -0.0617 e. The third-order valence-corrected chi connectivity index (χ3v) is 6.46. The quantitative estimate of drug-likeness (QED) is 0.257. The van der Waals surface area contributed by atoms with Crippen LogP contribution in [0.1, 0.15) is 97.9 Å². The molecule has 0 aliphatic rings. The second kappa shape index (κ2) is 18.2. The van der Waals surface area contributed by atoms with Crippen molar-refractivity contribution in [3.8, 4) is 0 Å². The van der Waals surface area contributed by atoms with Gasteiger partial charge >= 0.3 is 0 Å². The van der Waals surface area contributed by atoms with Gasteiger partial charge in [0.2, 0.25) is 0 Å². The van der Waals surface area contributed by atoms with Gasteiger partial charge in [0.05, 0.1) is 0 Å². The van der Waals surface area contributed by atoms with E-state index < -0.39 is 0 Å². The van der Waals surface area contributed by atoms with Gasteiger partial charge < -0.3 is 0 Å². The summed E-state index contributed by atoms with van der Waals surface area (Å²) in [6.45, 7) is 21.7.